The molecule has 2 aliphatic heterocycles. The normalized spacial score (nSPS) is 17.0. The molecule has 1 saturated heterocycles. The molecule has 5 rings (SSSR count). The number of amides is 2. The Balaban J connectivity index is 1.19. The molecule has 1 aromatic heterocycles. The van der Waals surface area contributed by atoms with E-state index in [0.29, 0.717) is 24.5 Å². The Morgan fingerprint density at radius 3 is 2.27 bits per heavy atom. The number of fused-ring (bicyclic) bond motifs is 1. The molecule has 194 valence electrons. The highest BCUT2D eigenvalue weighted by Crippen LogP contribution is 2.30. The quantitative estimate of drug-likeness (QED) is 0.548. The molecule has 0 spiro atoms. The summed E-state index contributed by atoms with van der Waals surface area (Å²) >= 11 is 0. The number of carbonyl (C=O) groups excluding carboxylic acids is 2. The molecule has 8 nitrogen and oxygen atoms in total. The van der Waals surface area contributed by atoms with Crippen molar-refractivity contribution in [3.05, 3.63) is 77.0 Å². The number of H-pyrrole nitrogens is 1. The van der Waals surface area contributed by atoms with Crippen molar-refractivity contribution < 1.29 is 9.59 Å². The molecule has 0 saturated carbocycles. The fraction of sp³-hybridized carbons (Fsp3) is 0.414. The predicted octanol–water partition coefficient (Wildman–Crippen LogP) is 4.23. The summed E-state index contributed by atoms with van der Waals surface area (Å²) in [5.41, 5.74) is 4.63. The van der Waals surface area contributed by atoms with Crippen LogP contribution in [-0.4, -0.2) is 63.5 Å². The van der Waals surface area contributed by atoms with Gasteiger partial charge in [-0.3, -0.25) is 19.6 Å². The predicted molar refractivity (Wildman–Crippen MR) is 146 cm³/mol. The first-order valence-corrected chi connectivity index (χ1v) is 13.0. The van der Waals surface area contributed by atoms with Crippen molar-refractivity contribution in [2.75, 3.05) is 36.4 Å². The smallest absolute Gasteiger partial charge is 0.256 e. The Hall–Kier alpha value is -3.65. The minimum atomic E-state index is -0.230. The summed E-state index contributed by atoms with van der Waals surface area (Å²) in [5.74, 6) is 0.115. The van der Waals surface area contributed by atoms with Crippen LogP contribution < -0.4 is 10.2 Å². The largest absolute Gasteiger partial charge is 0.369 e. The Morgan fingerprint density at radius 1 is 0.946 bits per heavy atom. The number of rotatable bonds is 5. The lowest BCUT2D eigenvalue weighted by Gasteiger charge is -2.43. The number of aromatic nitrogens is 2. The Kier molecular flexibility index (Phi) is 6.77. The lowest BCUT2D eigenvalue weighted by molar-refractivity contribution is -0.133. The zero-order valence-corrected chi connectivity index (χ0v) is 22.1. The van der Waals surface area contributed by atoms with Gasteiger partial charge in [-0.05, 0) is 57.5 Å². The van der Waals surface area contributed by atoms with Gasteiger partial charge in [-0.15, -0.1) is 0 Å². The number of hydrogen-bond donors (Lipinski definition) is 2. The van der Waals surface area contributed by atoms with Crippen LogP contribution >= 0.6 is 0 Å². The number of piperazine rings is 1. The Morgan fingerprint density at radius 2 is 1.62 bits per heavy atom. The van der Waals surface area contributed by atoms with E-state index in [-0.39, 0.29) is 23.3 Å². The first-order chi connectivity index (χ1) is 17.7. The van der Waals surface area contributed by atoms with E-state index in [9.17, 15) is 9.59 Å². The molecule has 8 heteroatoms. The molecule has 2 N–H and O–H groups in total. The SMILES string of the molecule is C[C@@H](C(=O)N1Cc2[nH]nc(NC(=O)c3ccc(N4CCN(C(C)(C)C)CC4)cc3)c2C1)c1ccccc1. The lowest BCUT2D eigenvalue weighted by Crippen LogP contribution is -2.53. The monoisotopic (exact) mass is 500 g/mol. The van der Waals surface area contributed by atoms with Crippen molar-refractivity contribution in [3.63, 3.8) is 0 Å². The van der Waals surface area contributed by atoms with Gasteiger partial charge in [0, 0.05) is 48.5 Å². The average molecular weight is 501 g/mol. The third-order valence-electron chi connectivity index (χ3n) is 7.59. The summed E-state index contributed by atoms with van der Waals surface area (Å²) in [7, 11) is 0. The van der Waals surface area contributed by atoms with Crippen LogP contribution in [0.25, 0.3) is 0 Å². The van der Waals surface area contributed by atoms with Crippen LogP contribution in [0.15, 0.2) is 54.6 Å². The summed E-state index contributed by atoms with van der Waals surface area (Å²) in [6, 6.07) is 17.6. The number of anilines is 2. The van der Waals surface area contributed by atoms with Crippen molar-refractivity contribution in [2.45, 2.75) is 52.2 Å². The van der Waals surface area contributed by atoms with Crippen LogP contribution in [-0.2, 0) is 17.9 Å². The van der Waals surface area contributed by atoms with E-state index in [0.717, 1.165) is 48.7 Å². The van der Waals surface area contributed by atoms with Gasteiger partial charge in [0.1, 0.15) is 0 Å². The lowest BCUT2D eigenvalue weighted by atomic mass is 10.00. The standard InChI is InChI=1S/C29H36N6O2/c1-20(21-8-6-5-7-9-21)28(37)34-18-24-25(19-34)31-32-26(24)30-27(36)22-10-12-23(13-11-22)33-14-16-35(17-15-33)29(2,3)4/h5-13,20H,14-19H2,1-4H3,(H2,30,31,32,36)/t20-/m1/s1. The van der Waals surface area contributed by atoms with Crippen LogP contribution in [0.1, 0.15) is 60.8 Å². The van der Waals surface area contributed by atoms with Gasteiger partial charge in [0.2, 0.25) is 5.91 Å². The molecule has 1 fully saturated rings. The molecule has 0 aliphatic carbocycles. The number of benzene rings is 2. The third-order valence-corrected chi connectivity index (χ3v) is 7.59. The van der Waals surface area contributed by atoms with E-state index in [1.165, 1.54) is 0 Å². The average Bonchev–Trinajstić information content (AvgIpc) is 3.50. The van der Waals surface area contributed by atoms with Crippen LogP contribution in [0.4, 0.5) is 11.5 Å². The number of nitrogens with one attached hydrogen (secondary N) is 2. The van der Waals surface area contributed by atoms with E-state index < -0.39 is 0 Å². The second-order valence-corrected chi connectivity index (χ2v) is 11.0. The summed E-state index contributed by atoms with van der Waals surface area (Å²) in [6.07, 6.45) is 0. The molecule has 0 bridgehead atoms. The van der Waals surface area contributed by atoms with Crippen LogP contribution in [0.5, 0.6) is 0 Å². The molecular weight excluding hydrogens is 464 g/mol. The molecule has 0 radical (unpaired) electrons. The topological polar surface area (TPSA) is 84.6 Å². The van der Waals surface area contributed by atoms with Crippen molar-refractivity contribution >= 4 is 23.3 Å². The maximum absolute atomic E-state index is 13.1. The maximum atomic E-state index is 13.1. The molecule has 2 aliphatic rings. The highest BCUT2D eigenvalue weighted by Gasteiger charge is 2.32. The maximum Gasteiger partial charge on any atom is 0.256 e. The highest BCUT2D eigenvalue weighted by molar-refractivity contribution is 6.04. The number of nitrogens with zero attached hydrogens (tertiary/aromatic N) is 4. The van der Waals surface area contributed by atoms with Crippen molar-refractivity contribution in [1.29, 1.82) is 0 Å². The summed E-state index contributed by atoms with van der Waals surface area (Å²) in [5, 5.41) is 10.3. The van der Waals surface area contributed by atoms with E-state index in [2.05, 4.69) is 46.1 Å². The molecule has 2 amide bonds. The molecule has 0 unspecified atom stereocenters. The molecule has 2 aromatic carbocycles. The van der Waals surface area contributed by atoms with Crippen LogP contribution in [0.2, 0.25) is 0 Å². The molecule has 1 atom stereocenters. The van der Waals surface area contributed by atoms with Gasteiger partial charge in [-0.1, -0.05) is 30.3 Å². The second kappa shape index (κ2) is 10.0. The first-order valence-electron chi connectivity index (χ1n) is 13.0. The van der Waals surface area contributed by atoms with Gasteiger partial charge in [0.15, 0.2) is 5.82 Å². The van der Waals surface area contributed by atoms with E-state index in [1.54, 1.807) is 0 Å². The zero-order valence-electron chi connectivity index (χ0n) is 22.1. The molecule has 37 heavy (non-hydrogen) atoms. The fourth-order valence-corrected chi connectivity index (χ4v) is 5.20. The summed E-state index contributed by atoms with van der Waals surface area (Å²) in [6.45, 7) is 13.6. The van der Waals surface area contributed by atoms with Crippen molar-refractivity contribution in [1.82, 2.24) is 20.0 Å². The van der Waals surface area contributed by atoms with Crippen LogP contribution in [0, 0.1) is 0 Å². The van der Waals surface area contributed by atoms with Crippen molar-refractivity contribution in [3.8, 4) is 0 Å². The Labute approximate surface area is 218 Å². The van der Waals surface area contributed by atoms with E-state index in [4.69, 9.17) is 0 Å². The Bertz CT molecular complexity index is 1250. The van der Waals surface area contributed by atoms with E-state index in [1.807, 2.05) is 66.4 Å². The number of aromatic amines is 1. The zero-order chi connectivity index (χ0) is 26.2. The van der Waals surface area contributed by atoms with Gasteiger partial charge in [-0.2, -0.15) is 5.10 Å². The second-order valence-electron chi connectivity index (χ2n) is 11.0. The van der Waals surface area contributed by atoms with Gasteiger partial charge in [0.05, 0.1) is 24.7 Å². The van der Waals surface area contributed by atoms with Gasteiger partial charge in [0.25, 0.3) is 5.91 Å². The van der Waals surface area contributed by atoms with E-state index >= 15 is 0 Å². The molecular formula is C29H36N6O2. The van der Waals surface area contributed by atoms with Gasteiger partial charge in [-0.25, -0.2) is 0 Å². The van der Waals surface area contributed by atoms with Crippen molar-refractivity contribution in [2.24, 2.45) is 0 Å². The number of carbonyl (C=O) groups is 2. The first kappa shape index (κ1) is 25.0. The number of hydrogen-bond acceptors (Lipinski definition) is 5. The molecule has 3 heterocycles. The highest BCUT2D eigenvalue weighted by atomic mass is 16.2. The fourth-order valence-electron chi connectivity index (χ4n) is 5.20. The van der Waals surface area contributed by atoms with Gasteiger partial charge < -0.3 is 15.1 Å². The van der Waals surface area contributed by atoms with Gasteiger partial charge >= 0.3 is 0 Å². The molecule has 3 aromatic rings. The minimum absolute atomic E-state index is 0.0620. The van der Waals surface area contributed by atoms with Crippen LogP contribution in [0.3, 0.4) is 0 Å². The minimum Gasteiger partial charge on any atom is -0.369 e. The third kappa shape index (κ3) is 5.25. The summed E-state index contributed by atoms with van der Waals surface area (Å²) < 4.78 is 0. The summed E-state index contributed by atoms with van der Waals surface area (Å²) in [4.78, 5) is 32.8.